The van der Waals surface area contributed by atoms with E-state index in [1.165, 1.54) is 0 Å². The maximum Gasteiger partial charge on any atom is 0.410 e. The number of carbonyl (C=O) groups is 1. The zero-order valence-electron chi connectivity index (χ0n) is 33.5. The molecule has 1 amide bonds. The first-order chi connectivity index (χ1) is 26.6. The molecule has 1 saturated carbocycles. The highest BCUT2D eigenvalue weighted by atomic mass is 16.7. The summed E-state index contributed by atoms with van der Waals surface area (Å²) >= 11 is 0. The summed E-state index contributed by atoms with van der Waals surface area (Å²) in [6.07, 6.45) is 8.45. The molecule has 0 unspecified atom stereocenters. The second kappa shape index (κ2) is 20.3. The first-order valence-electron chi connectivity index (χ1n) is 20.3. The highest BCUT2D eigenvalue weighted by Crippen LogP contribution is 2.62. The van der Waals surface area contributed by atoms with Crippen molar-refractivity contribution in [2.75, 3.05) is 79.0 Å². The summed E-state index contributed by atoms with van der Waals surface area (Å²) in [4.78, 5) is 24.2. The monoisotopic (exact) mass is 771 g/mol. The lowest BCUT2D eigenvalue weighted by Crippen LogP contribution is -2.70. The molecule has 2 aliphatic carbocycles. The van der Waals surface area contributed by atoms with Gasteiger partial charge in [0.1, 0.15) is 29.7 Å². The lowest BCUT2D eigenvalue weighted by atomic mass is 9.55. The van der Waals surface area contributed by atoms with Crippen LogP contribution < -0.4 is 9.47 Å². The van der Waals surface area contributed by atoms with E-state index in [9.17, 15) is 20.1 Å². The van der Waals surface area contributed by atoms with Crippen LogP contribution >= 0.6 is 0 Å². The van der Waals surface area contributed by atoms with Crippen LogP contribution in [0.3, 0.4) is 0 Å². The van der Waals surface area contributed by atoms with Crippen molar-refractivity contribution in [1.29, 1.82) is 0 Å². The predicted molar refractivity (Wildman–Crippen MR) is 209 cm³/mol. The van der Waals surface area contributed by atoms with Crippen LogP contribution in [0.1, 0.15) is 84.1 Å². The van der Waals surface area contributed by atoms with Crippen molar-refractivity contribution in [2.24, 2.45) is 22.9 Å². The molecule has 0 bridgehead atoms. The Morgan fingerprint density at radius 2 is 1.84 bits per heavy atom. The maximum absolute atomic E-state index is 14.1. The van der Waals surface area contributed by atoms with Gasteiger partial charge in [-0.15, -0.1) is 6.58 Å². The van der Waals surface area contributed by atoms with Gasteiger partial charge in [-0.05, 0) is 89.0 Å². The van der Waals surface area contributed by atoms with E-state index in [1.54, 1.807) is 17.9 Å². The van der Waals surface area contributed by atoms with Crippen molar-refractivity contribution in [1.82, 2.24) is 9.80 Å². The standard InChI is InChI=1S/C42H65N3O10/c1-6-23-53-42-37(45(40(49)51-7-2)19-24-50-26-22-48)29-35(43-55-41(3,4)5)33-27-30(12-8-10-20-46)32(13-9-11-21-47)38(39(33)42)34-28-31(14-15-36(34)54-42)52-25-18-44-16-17-44/h6,14-15,27-28,30,32,37-39,46-48H,1,7-13,16-26,29H2,2-5H3/t30-,32+,37-,38+,39+,42+/m0/s1. The number of hydrogen-bond donors (Lipinski definition) is 3. The lowest BCUT2D eigenvalue weighted by molar-refractivity contribution is -0.256. The number of aliphatic hydroxyl groups is 3. The average Bonchev–Trinajstić information content (AvgIpc) is 3.99. The van der Waals surface area contributed by atoms with E-state index in [0.717, 1.165) is 62.2 Å². The fourth-order valence-corrected chi connectivity index (χ4v) is 8.43. The fraction of sp³-hybridized carbons (Fsp3) is 0.714. The Hall–Kier alpha value is -3.20. The molecular weight excluding hydrogens is 706 g/mol. The third-order valence-corrected chi connectivity index (χ3v) is 10.9. The van der Waals surface area contributed by atoms with Crippen molar-refractivity contribution in [3.63, 3.8) is 0 Å². The van der Waals surface area contributed by atoms with Crippen molar-refractivity contribution < 1.29 is 48.6 Å². The Balaban J connectivity index is 1.74. The van der Waals surface area contributed by atoms with Gasteiger partial charge >= 0.3 is 6.09 Å². The molecule has 13 nitrogen and oxygen atoms in total. The number of benzene rings is 1. The molecule has 13 heteroatoms. The molecule has 0 aromatic heterocycles. The van der Waals surface area contributed by atoms with Gasteiger partial charge in [-0.1, -0.05) is 30.1 Å². The topological polar surface area (TPSA) is 152 Å². The van der Waals surface area contributed by atoms with Gasteiger partial charge in [0.25, 0.3) is 0 Å². The molecule has 1 aromatic carbocycles. The number of aliphatic hydroxyl groups excluding tert-OH is 3. The summed E-state index contributed by atoms with van der Waals surface area (Å²) in [6.45, 7) is 16.1. The molecule has 6 atom stereocenters. The van der Waals surface area contributed by atoms with Gasteiger partial charge in [0.15, 0.2) is 0 Å². The van der Waals surface area contributed by atoms with Gasteiger partial charge in [-0.2, -0.15) is 0 Å². The predicted octanol–water partition coefficient (Wildman–Crippen LogP) is 5.28. The van der Waals surface area contributed by atoms with Crippen molar-refractivity contribution >= 4 is 11.8 Å². The van der Waals surface area contributed by atoms with E-state index >= 15 is 0 Å². The van der Waals surface area contributed by atoms with Crippen molar-refractivity contribution in [3.05, 3.63) is 48.1 Å². The maximum atomic E-state index is 14.1. The number of oxime groups is 1. The SMILES string of the molecule is C=CCO[C@@]12Oc3ccc(OCCN4CC4)cc3[C@H]3[C@H](CCCCO)[C@@H](CCCCO)C=C(C(=NOC(C)(C)C)C[C@@H]1N(CCOCCO)C(=O)OCC)[C@H]32. The molecule has 3 N–H and O–H groups in total. The largest absolute Gasteiger partial charge is 0.492 e. The minimum atomic E-state index is -1.41. The Labute approximate surface area is 327 Å². The summed E-state index contributed by atoms with van der Waals surface area (Å²) in [6, 6.07) is 5.28. The number of hydrogen-bond acceptors (Lipinski definition) is 12. The zero-order chi connectivity index (χ0) is 39.4. The molecule has 55 heavy (non-hydrogen) atoms. The van der Waals surface area contributed by atoms with E-state index in [2.05, 4.69) is 23.6 Å². The number of nitrogens with zero attached hydrogens (tertiary/aromatic N) is 3. The Kier molecular flexibility index (Phi) is 15.8. The number of ether oxygens (including phenoxy) is 5. The molecule has 2 fully saturated rings. The molecule has 0 spiro atoms. The van der Waals surface area contributed by atoms with Gasteiger partial charge in [0.2, 0.25) is 5.79 Å². The van der Waals surface area contributed by atoms with Crippen LogP contribution in [-0.4, -0.2) is 133 Å². The summed E-state index contributed by atoms with van der Waals surface area (Å²) < 4.78 is 32.0. The van der Waals surface area contributed by atoms with Crippen LogP contribution in [0.5, 0.6) is 11.5 Å². The third kappa shape index (κ3) is 10.8. The van der Waals surface area contributed by atoms with Gasteiger partial charge in [0.05, 0.1) is 44.7 Å². The van der Waals surface area contributed by atoms with E-state index in [-0.39, 0.29) is 77.0 Å². The average molecular weight is 772 g/mol. The summed E-state index contributed by atoms with van der Waals surface area (Å²) in [5.41, 5.74) is 2.08. The number of carbonyl (C=O) groups excluding carboxylic acids is 1. The van der Waals surface area contributed by atoms with Crippen molar-refractivity contribution in [3.8, 4) is 11.5 Å². The molecule has 2 aliphatic heterocycles. The smallest absolute Gasteiger partial charge is 0.410 e. The molecule has 2 heterocycles. The van der Waals surface area contributed by atoms with Crippen LogP contribution in [-0.2, 0) is 19.0 Å². The van der Waals surface area contributed by atoms with Crippen LogP contribution in [0.15, 0.2) is 47.7 Å². The van der Waals surface area contributed by atoms with Crippen LogP contribution in [0.4, 0.5) is 4.79 Å². The first kappa shape index (κ1) is 42.9. The Bertz CT molecular complexity index is 1460. The van der Waals surface area contributed by atoms with E-state index < -0.39 is 29.4 Å². The Morgan fingerprint density at radius 3 is 2.51 bits per heavy atom. The highest BCUT2D eigenvalue weighted by molar-refractivity contribution is 6.03. The summed E-state index contributed by atoms with van der Waals surface area (Å²) in [5.74, 6) is -0.401. The minimum Gasteiger partial charge on any atom is -0.492 e. The van der Waals surface area contributed by atoms with E-state index in [1.807, 2.05) is 32.9 Å². The molecular formula is C42H65N3O10. The third-order valence-electron chi connectivity index (χ3n) is 10.9. The number of rotatable bonds is 23. The zero-order valence-corrected chi connectivity index (χ0v) is 33.5. The number of allylic oxidation sites excluding steroid dienone is 1. The molecule has 1 aromatic rings. The number of fused-ring (bicyclic) bond motifs is 2. The molecule has 0 radical (unpaired) electrons. The molecule has 308 valence electrons. The number of unbranched alkanes of at least 4 members (excludes halogenated alkanes) is 2. The van der Waals surface area contributed by atoms with Crippen molar-refractivity contribution in [2.45, 2.75) is 96.0 Å². The number of amides is 1. The van der Waals surface area contributed by atoms with Gasteiger partial charge in [-0.3, -0.25) is 9.80 Å². The normalized spacial score (nSPS) is 26.3. The molecule has 5 rings (SSSR count). The second-order valence-corrected chi connectivity index (χ2v) is 15.9. The van der Waals surface area contributed by atoms with Crippen LogP contribution in [0, 0.1) is 17.8 Å². The quantitative estimate of drug-likeness (QED) is 0.0577. The second-order valence-electron chi connectivity index (χ2n) is 15.9. The van der Waals surface area contributed by atoms with E-state index in [0.29, 0.717) is 30.9 Å². The summed E-state index contributed by atoms with van der Waals surface area (Å²) in [5, 5.41) is 34.0. The fourth-order valence-electron chi connectivity index (χ4n) is 8.43. The molecule has 1 saturated heterocycles. The summed E-state index contributed by atoms with van der Waals surface area (Å²) in [7, 11) is 0. The van der Waals surface area contributed by atoms with Gasteiger partial charge < -0.3 is 43.8 Å². The van der Waals surface area contributed by atoms with Gasteiger partial charge in [-0.25, -0.2) is 4.79 Å². The van der Waals surface area contributed by atoms with Gasteiger partial charge in [0, 0.05) is 57.3 Å². The Morgan fingerprint density at radius 1 is 1.07 bits per heavy atom. The molecule has 4 aliphatic rings. The van der Waals surface area contributed by atoms with Crippen LogP contribution in [0.25, 0.3) is 0 Å². The minimum absolute atomic E-state index is 0.0913. The van der Waals surface area contributed by atoms with Crippen LogP contribution in [0.2, 0.25) is 0 Å². The first-order valence-corrected chi connectivity index (χ1v) is 20.3. The highest BCUT2D eigenvalue weighted by Gasteiger charge is 2.65. The lowest BCUT2D eigenvalue weighted by Gasteiger charge is -2.59. The van der Waals surface area contributed by atoms with E-state index in [4.69, 9.17) is 33.7 Å².